The van der Waals surface area contributed by atoms with Gasteiger partial charge in [-0.15, -0.1) is 0 Å². The minimum absolute atomic E-state index is 0.0919. The SMILES string of the molecule is Cc1c([N+](=O)[O-])cc(C(=O)N[C@H](C)Cc2ccc(Cl)cc2)cc1[N+](=O)[O-]. The number of nitro groups is 2. The summed E-state index contributed by atoms with van der Waals surface area (Å²) in [4.78, 5) is 33.1. The fourth-order valence-electron chi connectivity index (χ4n) is 2.53. The van der Waals surface area contributed by atoms with Crippen LogP contribution in [0.3, 0.4) is 0 Å². The molecule has 2 rings (SSSR count). The number of benzene rings is 2. The first-order valence-electron chi connectivity index (χ1n) is 7.67. The van der Waals surface area contributed by atoms with E-state index in [-0.39, 0.29) is 17.2 Å². The number of carbonyl (C=O) groups excluding carboxylic acids is 1. The van der Waals surface area contributed by atoms with E-state index in [9.17, 15) is 25.0 Å². The number of carbonyl (C=O) groups is 1. The quantitative estimate of drug-likeness (QED) is 0.606. The number of amides is 1. The Balaban J connectivity index is 2.21. The monoisotopic (exact) mass is 377 g/mol. The Morgan fingerprint density at radius 2 is 1.62 bits per heavy atom. The van der Waals surface area contributed by atoms with E-state index < -0.39 is 27.1 Å². The zero-order valence-electron chi connectivity index (χ0n) is 14.1. The smallest absolute Gasteiger partial charge is 0.279 e. The van der Waals surface area contributed by atoms with Gasteiger partial charge in [0, 0.05) is 23.2 Å². The summed E-state index contributed by atoms with van der Waals surface area (Å²) in [5.74, 6) is -0.613. The molecule has 0 heterocycles. The van der Waals surface area contributed by atoms with Crippen LogP contribution in [-0.2, 0) is 6.42 Å². The van der Waals surface area contributed by atoms with Gasteiger partial charge in [-0.05, 0) is 38.0 Å². The van der Waals surface area contributed by atoms with E-state index in [0.29, 0.717) is 11.4 Å². The minimum atomic E-state index is -0.740. The van der Waals surface area contributed by atoms with Crippen molar-refractivity contribution in [2.75, 3.05) is 0 Å². The average Bonchev–Trinajstić information content (AvgIpc) is 2.56. The summed E-state index contributed by atoms with van der Waals surface area (Å²) in [6.45, 7) is 3.05. The summed E-state index contributed by atoms with van der Waals surface area (Å²) in [5, 5.41) is 25.5. The molecule has 0 unspecified atom stereocenters. The zero-order valence-corrected chi connectivity index (χ0v) is 14.8. The average molecular weight is 378 g/mol. The van der Waals surface area contributed by atoms with Crippen molar-refractivity contribution in [2.45, 2.75) is 26.3 Å². The van der Waals surface area contributed by atoms with Crippen molar-refractivity contribution in [2.24, 2.45) is 0 Å². The van der Waals surface area contributed by atoms with Gasteiger partial charge in [-0.3, -0.25) is 25.0 Å². The molecule has 8 nitrogen and oxygen atoms in total. The maximum atomic E-state index is 12.4. The van der Waals surface area contributed by atoms with Gasteiger partial charge in [-0.25, -0.2) is 0 Å². The van der Waals surface area contributed by atoms with Gasteiger partial charge in [0.05, 0.1) is 15.4 Å². The van der Waals surface area contributed by atoms with Crippen LogP contribution in [-0.4, -0.2) is 21.8 Å². The Labute approximate surface area is 154 Å². The summed E-state index contributed by atoms with van der Waals surface area (Å²) in [6.07, 6.45) is 0.513. The lowest BCUT2D eigenvalue weighted by Crippen LogP contribution is -2.34. The van der Waals surface area contributed by atoms with E-state index in [0.717, 1.165) is 17.7 Å². The molecule has 0 aliphatic carbocycles. The van der Waals surface area contributed by atoms with E-state index in [1.165, 1.54) is 6.92 Å². The van der Waals surface area contributed by atoms with Crippen molar-refractivity contribution < 1.29 is 14.6 Å². The topological polar surface area (TPSA) is 115 Å². The maximum Gasteiger partial charge on any atom is 0.279 e. The molecule has 0 aliphatic heterocycles. The summed E-state index contributed by atoms with van der Waals surface area (Å²) < 4.78 is 0. The largest absolute Gasteiger partial charge is 0.349 e. The number of nitrogens with zero attached hydrogens (tertiary/aromatic N) is 2. The van der Waals surface area contributed by atoms with Crippen LogP contribution in [0.1, 0.15) is 28.4 Å². The predicted octanol–water partition coefficient (Wildman–Crippen LogP) is 3.83. The number of nitro benzene ring substituents is 2. The molecule has 136 valence electrons. The van der Waals surface area contributed by atoms with Crippen molar-refractivity contribution in [3.63, 3.8) is 0 Å². The Bertz CT molecular complexity index is 832. The molecule has 0 spiro atoms. The third kappa shape index (κ3) is 4.54. The van der Waals surface area contributed by atoms with Crippen LogP contribution >= 0.6 is 11.6 Å². The molecule has 26 heavy (non-hydrogen) atoms. The number of halogens is 1. The van der Waals surface area contributed by atoms with Crippen LogP contribution in [0.25, 0.3) is 0 Å². The molecule has 2 aromatic carbocycles. The molecule has 0 radical (unpaired) electrons. The fraction of sp³-hybridized carbons (Fsp3) is 0.235. The van der Waals surface area contributed by atoms with E-state index in [1.54, 1.807) is 19.1 Å². The van der Waals surface area contributed by atoms with E-state index in [1.807, 2.05) is 12.1 Å². The minimum Gasteiger partial charge on any atom is -0.349 e. The van der Waals surface area contributed by atoms with Crippen molar-refractivity contribution >= 4 is 28.9 Å². The first-order chi connectivity index (χ1) is 12.2. The Morgan fingerprint density at radius 3 is 2.08 bits per heavy atom. The molecule has 0 bridgehead atoms. The molecule has 9 heteroatoms. The van der Waals surface area contributed by atoms with Crippen molar-refractivity contribution in [1.29, 1.82) is 0 Å². The molecule has 0 saturated carbocycles. The third-order valence-corrected chi connectivity index (χ3v) is 4.09. The lowest BCUT2D eigenvalue weighted by molar-refractivity contribution is -0.395. The molecule has 2 aromatic rings. The van der Waals surface area contributed by atoms with Crippen LogP contribution < -0.4 is 5.32 Å². The molecule has 0 fully saturated rings. The van der Waals surface area contributed by atoms with E-state index in [4.69, 9.17) is 11.6 Å². The highest BCUT2D eigenvalue weighted by atomic mass is 35.5. The Kier molecular flexibility index (Phi) is 5.89. The van der Waals surface area contributed by atoms with Crippen LogP contribution in [0.4, 0.5) is 11.4 Å². The molecule has 0 saturated heterocycles. The molecule has 1 atom stereocenters. The van der Waals surface area contributed by atoms with Gasteiger partial charge in [0.25, 0.3) is 17.3 Å². The van der Waals surface area contributed by atoms with Gasteiger partial charge in [-0.1, -0.05) is 23.7 Å². The maximum absolute atomic E-state index is 12.4. The first-order valence-corrected chi connectivity index (χ1v) is 8.05. The second-order valence-electron chi connectivity index (χ2n) is 5.86. The standard InChI is InChI=1S/C17H16ClN3O5/c1-10(7-12-3-5-14(18)6-4-12)19-17(22)13-8-15(20(23)24)11(2)16(9-13)21(25)26/h3-6,8-10H,7H2,1-2H3,(H,19,22)/t10-/m1/s1. The highest BCUT2D eigenvalue weighted by molar-refractivity contribution is 6.30. The molecule has 1 amide bonds. The number of rotatable bonds is 6. The van der Waals surface area contributed by atoms with Gasteiger partial charge < -0.3 is 5.32 Å². The van der Waals surface area contributed by atoms with Gasteiger partial charge in [0.1, 0.15) is 5.56 Å². The summed E-state index contributed by atoms with van der Waals surface area (Å²) in [5.41, 5.74) is -0.199. The van der Waals surface area contributed by atoms with Gasteiger partial charge in [0.2, 0.25) is 0 Å². The van der Waals surface area contributed by atoms with Crippen LogP contribution in [0, 0.1) is 27.2 Å². The number of nitrogens with one attached hydrogen (secondary N) is 1. The number of hydrogen-bond donors (Lipinski definition) is 1. The van der Waals surface area contributed by atoms with Gasteiger partial charge >= 0.3 is 0 Å². The predicted molar refractivity (Wildman–Crippen MR) is 96.6 cm³/mol. The summed E-state index contributed by atoms with van der Waals surface area (Å²) in [6, 6.07) is 8.93. The highest BCUT2D eigenvalue weighted by Crippen LogP contribution is 2.29. The normalized spacial score (nSPS) is 11.7. The first kappa shape index (κ1) is 19.3. The molecule has 0 aromatic heterocycles. The van der Waals surface area contributed by atoms with Crippen LogP contribution in [0.2, 0.25) is 5.02 Å². The lowest BCUT2D eigenvalue weighted by Gasteiger charge is -2.14. The highest BCUT2D eigenvalue weighted by Gasteiger charge is 2.25. The van der Waals surface area contributed by atoms with E-state index in [2.05, 4.69) is 5.32 Å². The third-order valence-electron chi connectivity index (χ3n) is 3.84. The summed E-state index contributed by atoms with van der Waals surface area (Å²) in [7, 11) is 0. The van der Waals surface area contributed by atoms with Crippen LogP contribution in [0.5, 0.6) is 0 Å². The molecule has 1 N–H and O–H groups in total. The zero-order chi connectivity index (χ0) is 19.4. The second-order valence-corrected chi connectivity index (χ2v) is 6.30. The fourth-order valence-corrected chi connectivity index (χ4v) is 2.65. The van der Waals surface area contributed by atoms with Crippen molar-refractivity contribution in [1.82, 2.24) is 5.32 Å². The molecule has 0 aliphatic rings. The van der Waals surface area contributed by atoms with Crippen molar-refractivity contribution in [3.8, 4) is 0 Å². The van der Waals surface area contributed by atoms with E-state index >= 15 is 0 Å². The van der Waals surface area contributed by atoms with Crippen molar-refractivity contribution in [3.05, 3.63) is 78.3 Å². The number of hydrogen-bond acceptors (Lipinski definition) is 5. The summed E-state index contributed by atoms with van der Waals surface area (Å²) >= 11 is 5.83. The van der Waals surface area contributed by atoms with Gasteiger partial charge in [-0.2, -0.15) is 0 Å². The lowest BCUT2D eigenvalue weighted by atomic mass is 10.0. The van der Waals surface area contributed by atoms with Gasteiger partial charge in [0.15, 0.2) is 0 Å². The molecular weight excluding hydrogens is 362 g/mol. The molecular formula is C17H16ClN3O5. The second kappa shape index (κ2) is 7.92. The van der Waals surface area contributed by atoms with Crippen LogP contribution in [0.15, 0.2) is 36.4 Å². The Hall–Kier alpha value is -3.00. The Morgan fingerprint density at radius 1 is 1.12 bits per heavy atom.